The molecule has 1 amide bonds. The van der Waals surface area contributed by atoms with Crippen LogP contribution in [0.1, 0.15) is 16.1 Å². The third-order valence-corrected chi connectivity index (χ3v) is 7.70. The second-order valence-electron chi connectivity index (χ2n) is 7.84. The van der Waals surface area contributed by atoms with Gasteiger partial charge in [-0.3, -0.25) is 14.4 Å². The second-order valence-corrected chi connectivity index (χ2v) is 10.5. The normalized spacial score (nSPS) is 11.5. The number of aromatic nitrogens is 1. The van der Waals surface area contributed by atoms with Crippen LogP contribution in [0.4, 0.5) is 24.0 Å². The maximum absolute atomic E-state index is 14.3. The zero-order valence-corrected chi connectivity index (χ0v) is 20.3. The Balaban J connectivity index is 1.43. The zero-order chi connectivity index (χ0) is 26.2. The van der Waals surface area contributed by atoms with Crippen molar-refractivity contribution in [1.29, 1.82) is 0 Å². The largest absolute Gasteiger partial charge is 0.467 e. The predicted molar refractivity (Wildman–Crippen MR) is 132 cm³/mol. The van der Waals surface area contributed by atoms with Gasteiger partial charge < -0.3 is 4.42 Å². The van der Waals surface area contributed by atoms with E-state index in [-0.39, 0.29) is 38.0 Å². The third kappa shape index (κ3) is 5.20. The van der Waals surface area contributed by atoms with Crippen molar-refractivity contribution in [1.82, 2.24) is 4.98 Å². The average molecular weight is 544 g/mol. The Morgan fingerprint density at radius 2 is 1.70 bits per heavy atom. The van der Waals surface area contributed by atoms with E-state index in [1.54, 1.807) is 12.1 Å². The number of nitrogens with one attached hydrogen (secondary N) is 1. The molecule has 0 bridgehead atoms. The molecule has 0 unspecified atom stereocenters. The molecule has 12 heteroatoms. The number of hydrogen-bond donors (Lipinski definition) is 1. The van der Waals surface area contributed by atoms with Crippen molar-refractivity contribution >= 4 is 48.3 Å². The van der Waals surface area contributed by atoms with Crippen molar-refractivity contribution in [3.63, 3.8) is 0 Å². The summed E-state index contributed by atoms with van der Waals surface area (Å²) in [6.07, 6.45) is 1.44. The molecule has 0 atom stereocenters. The van der Waals surface area contributed by atoms with Crippen LogP contribution in [0.15, 0.2) is 88.4 Å². The lowest BCUT2D eigenvalue weighted by atomic mass is 10.2. The summed E-state index contributed by atoms with van der Waals surface area (Å²) in [6.45, 7) is -0.0330. The number of carbonyl (C=O) groups is 1. The Morgan fingerprint density at radius 1 is 0.973 bits per heavy atom. The van der Waals surface area contributed by atoms with Crippen molar-refractivity contribution in [2.24, 2.45) is 0 Å². The summed E-state index contributed by atoms with van der Waals surface area (Å²) in [5.41, 5.74) is 0.294. The van der Waals surface area contributed by atoms with Gasteiger partial charge >= 0.3 is 0 Å². The van der Waals surface area contributed by atoms with Gasteiger partial charge in [-0.15, -0.1) is 0 Å². The molecule has 0 aliphatic rings. The Hall–Kier alpha value is -4.16. The number of furan rings is 1. The number of halogens is 3. The summed E-state index contributed by atoms with van der Waals surface area (Å²) in [5, 5.41) is 0.127. The van der Waals surface area contributed by atoms with Gasteiger partial charge in [0.2, 0.25) is 0 Å². The topological polar surface area (TPSA) is 92.5 Å². The number of thiazole rings is 1. The van der Waals surface area contributed by atoms with Gasteiger partial charge in [0.1, 0.15) is 22.9 Å². The van der Waals surface area contributed by atoms with Crippen LogP contribution in [0.5, 0.6) is 0 Å². The Kier molecular flexibility index (Phi) is 6.44. The molecule has 0 saturated heterocycles. The SMILES string of the molecule is O=C(c1ccc(NS(=O)(=O)c2ccc(F)cc2)cc1)N(Cc1ccco1)c1nc2c(F)cc(F)cc2s1. The molecule has 188 valence electrons. The molecule has 0 saturated carbocycles. The molecule has 5 aromatic rings. The molecule has 0 aliphatic heterocycles. The van der Waals surface area contributed by atoms with Gasteiger partial charge in [0, 0.05) is 17.3 Å². The number of anilines is 2. The Bertz CT molecular complexity index is 1690. The molecule has 5 rings (SSSR count). The molecule has 0 radical (unpaired) electrons. The first-order valence-corrected chi connectivity index (χ1v) is 13.0. The van der Waals surface area contributed by atoms with E-state index in [2.05, 4.69) is 9.71 Å². The monoisotopic (exact) mass is 543 g/mol. The van der Waals surface area contributed by atoms with Gasteiger partial charge in [-0.25, -0.2) is 26.6 Å². The van der Waals surface area contributed by atoms with Gasteiger partial charge in [-0.05, 0) is 66.7 Å². The first-order valence-electron chi connectivity index (χ1n) is 10.7. The van der Waals surface area contributed by atoms with Gasteiger partial charge in [0.25, 0.3) is 15.9 Å². The maximum atomic E-state index is 14.3. The molecule has 2 heterocycles. The van der Waals surface area contributed by atoms with Crippen LogP contribution < -0.4 is 9.62 Å². The molecule has 3 aromatic carbocycles. The van der Waals surface area contributed by atoms with E-state index in [1.807, 2.05) is 0 Å². The van der Waals surface area contributed by atoms with E-state index in [4.69, 9.17) is 4.42 Å². The molecular formula is C25H16F3N3O4S2. The van der Waals surface area contributed by atoms with Crippen LogP contribution in [0.25, 0.3) is 10.2 Å². The van der Waals surface area contributed by atoms with Crippen molar-refractivity contribution < 1.29 is 30.8 Å². The van der Waals surface area contributed by atoms with Crippen molar-refractivity contribution in [2.45, 2.75) is 11.4 Å². The van der Waals surface area contributed by atoms with Crippen molar-refractivity contribution in [2.75, 3.05) is 9.62 Å². The summed E-state index contributed by atoms with van der Waals surface area (Å²) in [5.74, 6) is -2.27. The molecule has 7 nitrogen and oxygen atoms in total. The van der Waals surface area contributed by atoms with E-state index in [1.165, 1.54) is 35.4 Å². The molecule has 0 aliphatic carbocycles. The molecule has 0 spiro atoms. The molecule has 1 N–H and O–H groups in total. The lowest BCUT2D eigenvalue weighted by Gasteiger charge is -2.19. The van der Waals surface area contributed by atoms with Gasteiger partial charge in [0.15, 0.2) is 10.9 Å². The first kappa shape index (κ1) is 24.5. The highest BCUT2D eigenvalue weighted by atomic mass is 32.2. The lowest BCUT2D eigenvalue weighted by molar-refractivity contribution is 0.0983. The number of carbonyl (C=O) groups excluding carboxylic acids is 1. The molecule has 0 fully saturated rings. The van der Waals surface area contributed by atoms with Gasteiger partial charge in [-0.1, -0.05) is 11.3 Å². The predicted octanol–water partition coefficient (Wildman–Crippen LogP) is 5.95. The number of rotatable bonds is 7. The van der Waals surface area contributed by atoms with E-state index >= 15 is 0 Å². The molecular weight excluding hydrogens is 527 g/mol. The summed E-state index contributed by atoms with van der Waals surface area (Å²) < 4.78 is 74.2. The molecule has 2 aromatic heterocycles. The van der Waals surface area contributed by atoms with Crippen LogP contribution >= 0.6 is 11.3 Å². The maximum Gasteiger partial charge on any atom is 0.261 e. The van der Waals surface area contributed by atoms with Crippen molar-refractivity contribution in [3.05, 3.63) is 108 Å². The van der Waals surface area contributed by atoms with Crippen molar-refractivity contribution in [3.8, 4) is 0 Å². The fraction of sp³-hybridized carbons (Fsp3) is 0.0400. The van der Waals surface area contributed by atoms with E-state index in [9.17, 15) is 26.4 Å². The number of hydrogen-bond acceptors (Lipinski definition) is 6. The van der Waals surface area contributed by atoms with Crippen LogP contribution in [0.3, 0.4) is 0 Å². The highest BCUT2D eigenvalue weighted by Crippen LogP contribution is 2.33. The van der Waals surface area contributed by atoms with Gasteiger partial charge in [-0.2, -0.15) is 0 Å². The second kappa shape index (κ2) is 9.71. The van der Waals surface area contributed by atoms with E-state index in [0.717, 1.165) is 47.7 Å². The minimum atomic E-state index is -3.98. The fourth-order valence-electron chi connectivity index (χ4n) is 3.51. The Morgan fingerprint density at radius 3 is 2.38 bits per heavy atom. The first-order chi connectivity index (χ1) is 17.7. The highest BCUT2D eigenvalue weighted by molar-refractivity contribution is 7.92. The van der Waals surface area contributed by atoms with E-state index < -0.39 is 33.4 Å². The number of fused-ring (bicyclic) bond motifs is 1. The minimum absolute atomic E-state index is 0.0330. The van der Waals surface area contributed by atoms with E-state index in [0.29, 0.717) is 5.76 Å². The molecule has 37 heavy (non-hydrogen) atoms. The number of amides is 1. The van der Waals surface area contributed by atoms with Crippen LogP contribution in [0, 0.1) is 17.5 Å². The summed E-state index contributed by atoms with van der Waals surface area (Å²) in [6, 6.07) is 15.1. The standard InChI is InChI=1S/C25H16F3N3O4S2/c26-16-5-9-20(10-6-16)37(33,34)30-18-7-3-15(4-8-18)24(32)31(14-19-2-1-11-35-19)25-29-23-21(28)12-17(27)13-22(23)36-25/h1-13,30H,14H2. The number of sulfonamides is 1. The van der Waals surface area contributed by atoms with Gasteiger partial charge in [0.05, 0.1) is 22.4 Å². The minimum Gasteiger partial charge on any atom is -0.467 e. The lowest BCUT2D eigenvalue weighted by Crippen LogP contribution is -2.30. The third-order valence-electron chi connectivity index (χ3n) is 5.28. The quantitative estimate of drug-likeness (QED) is 0.274. The van der Waals surface area contributed by atoms with Crippen LogP contribution in [0.2, 0.25) is 0 Å². The number of benzene rings is 3. The fourth-order valence-corrected chi connectivity index (χ4v) is 5.57. The summed E-state index contributed by atoms with van der Waals surface area (Å²) >= 11 is 0.942. The summed E-state index contributed by atoms with van der Waals surface area (Å²) in [7, 11) is -3.98. The van der Waals surface area contributed by atoms with Crippen LogP contribution in [-0.4, -0.2) is 19.3 Å². The Labute approximate surface area is 212 Å². The zero-order valence-electron chi connectivity index (χ0n) is 18.7. The summed E-state index contributed by atoms with van der Waals surface area (Å²) in [4.78, 5) is 18.8. The number of nitrogens with zero attached hydrogens (tertiary/aromatic N) is 2. The van der Waals surface area contributed by atoms with Crippen LogP contribution in [-0.2, 0) is 16.6 Å². The average Bonchev–Trinajstić information content (AvgIpc) is 3.53. The highest BCUT2D eigenvalue weighted by Gasteiger charge is 2.24. The smallest absolute Gasteiger partial charge is 0.261 e.